The van der Waals surface area contributed by atoms with Gasteiger partial charge in [0.15, 0.2) is 0 Å². The van der Waals surface area contributed by atoms with Crippen LogP contribution in [0.4, 0.5) is 5.82 Å². The van der Waals surface area contributed by atoms with Gasteiger partial charge >= 0.3 is 0 Å². The van der Waals surface area contributed by atoms with Crippen LogP contribution in [-0.4, -0.2) is 43.7 Å². The normalized spacial score (nSPS) is 15.7. The van der Waals surface area contributed by atoms with Gasteiger partial charge in [0.1, 0.15) is 5.82 Å². The second-order valence-corrected chi connectivity index (χ2v) is 6.27. The molecule has 0 bridgehead atoms. The maximum Gasteiger partial charge on any atom is 0.222 e. The zero-order chi connectivity index (χ0) is 16.7. The van der Waals surface area contributed by atoms with E-state index in [0.29, 0.717) is 13.1 Å². The predicted molar refractivity (Wildman–Crippen MR) is 106 cm³/mol. The van der Waals surface area contributed by atoms with Crippen LogP contribution in [0.5, 0.6) is 0 Å². The predicted octanol–water partition coefficient (Wildman–Crippen LogP) is 2.14. The molecular formula is C17H30Cl2N4O2. The Kier molecular flexibility index (Phi) is 11.8. The fourth-order valence-corrected chi connectivity index (χ4v) is 2.69. The van der Waals surface area contributed by atoms with Gasteiger partial charge in [0.05, 0.1) is 12.5 Å². The molecule has 0 spiro atoms. The Hall–Kier alpha value is -1.08. The molecule has 1 aliphatic heterocycles. The highest BCUT2D eigenvalue weighted by molar-refractivity contribution is 5.85. The van der Waals surface area contributed by atoms with E-state index in [-0.39, 0.29) is 43.2 Å². The van der Waals surface area contributed by atoms with Crippen LogP contribution in [0.1, 0.15) is 31.7 Å². The highest BCUT2D eigenvalue weighted by Gasteiger charge is 2.16. The summed E-state index contributed by atoms with van der Waals surface area (Å²) >= 11 is 0. The molecule has 1 aliphatic rings. The van der Waals surface area contributed by atoms with Gasteiger partial charge in [-0.25, -0.2) is 4.98 Å². The minimum Gasteiger partial charge on any atom is -0.380 e. The molecule has 1 atom stereocenters. The number of nitrogens with two attached hydrogens (primary N) is 1. The third-order valence-corrected chi connectivity index (χ3v) is 4.42. The lowest BCUT2D eigenvalue weighted by atomic mass is 9.99. The van der Waals surface area contributed by atoms with Crippen molar-refractivity contribution in [1.82, 2.24) is 10.3 Å². The number of nitrogens with one attached hydrogen (secondary N) is 1. The van der Waals surface area contributed by atoms with Crippen LogP contribution in [0.15, 0.2) is 18.3 Å². The average molecular weight is 393 g/mol. The van der Waals surface area contributed by atoms with Crippen molar-refractivity contribution in [2.45, 2.75) is 38.8 Å². The molecule has 1 amide bonds. The van der Waals surface area contributed by atoms with E-state index < -0.39 is 0 Å². The van der Waals surface area contributed by atoms with E-state index in [1.807, 2.05) is 18.3 Å². The van der Waals surface area contributed by atoms with Crippen molar-refractivity contribution in [3.05, 3.63) is 23.9 Å². The van der Waals surface area contributed by atoms with Gasteiger partial charge in [-0.2, -0.15) is 0 Å². The molecule has 1 aromatic rings. The zero-order valence-corrected chi connectivity index (χ0v) is 16.6. The molecule has 25 heavy (non-hydrogen) atoms. The summed E-state index contributed by atoms with van der Waals surface area (Å²) in [5.41, 5.74) is 6.51. The van der Waals surface area contributed by atoms with Gasteiger partial charge in [0.25, 0.3) is 0 Å². The second-order valence-electron chi connectivity index (χ2n) is 6.27. The number of pyridine rings is 1. The fraction of sp³-hybridized carbons (Fsp3) is 0.647. The number of methoxy groups -OCH3 is 1. The lowest BCUT2D eigenvalue weighted by Crippen LogP contribution is -2.33. The van der Waals surface area contributed by atoms with Gasteiger partial charge in [-0.3, -0.25) is 4.79 Å². The summed E-state index contributed by atoms with van der Waals surface area (Å²) in [6, 6.07) is 4.06. The van der Waals surface area contributed by atoms with Crippen molar-refractivity contribution >= 4 is 36.5 Å². The number of aromatic nitrogens is 1. The number of piperidine rings is 1. The number of carbonyl (C=O) groups is 1. The first-order valence-electron chi connectivity index (χ1n) is 8.31. The van der Waals surface area contributed by atoms with Crippen LogP contribution in [0, 0.1) is 5.92 Å². The Labute approximate surface area is 162 Å². The molecule has 2 heterocycles. The number of hydrogen-bond donors (Lipinski definition) is 2. The van der Waals surface area contributed by atoms with Crippen LogP contribution in [0.2, 0.25) is 0 Å². The van der Waals surface area contributed by atoms with Gasteiger partial charge in [-0.05, 0) is 30.4 Å². The molecule has 0 saturated carbocycles. The molecule has 0 radical (unpaired) electrons. The van der Waals surface area contributed by atoms with Gasteiger partial charge in [0, 0.05) is 39.5 Å². The van der Waals surface area contributed by atoms with E-state index in [0.717, 1.165) is 30.4 Å². The van der Waals surface area contributed by atoms with Gasteiger partial charge in [-0.15, -0.1) is 24.8 Å². The zero-order valence-electron chi connectivity index (χ0n) is 14.9. The molecule has 0 aliphatic carbocycles. The first kappa shape index (κ1) is 23.9. The Morgan fingerprint density at radius 3 is 2.60 bits per heavy atom. The Bertz CT molecular complexity index is 490. The van der Waals surface area contributed by atoms with Crippen molar-refractivity contribution in [3.8, 4) is 0 Å². The quantitative estimate of drug-likeness (QED) is 0.742. The largest absolute Gasteiger partial charge is 0.380 e. The first-order valence-corrected chi connectivity index (χ1v) is 8.31. The van der Waals surface area contributed by atoms with Crippen LogP contribution in [0.25, 0.3) is 0 Å². The van der Waals surface area contributed by atoms with Crippen molar-refractivity contribution < 1.29 is 9.53 Å². The Morgan fingerprint density at radius 2 is 2.08 bits per heavy atom. The molecule has 1 saturated heterocycles. The Morgan fingerprint density at radius 1 is 1.40 bits per heavy atom. The van der Waals surface area contributed by atoms with Gasteiger partial charge in [-0.1, -0.05) is 13.0 Å². The van der Waals surface area contributed by atoms with Crippen LogP contribution in [0.3, 0.4) is 0 Å². The Balaban J connectivity index is 0.00000288. The van der Waals surface area contributed by atoms with E-state index >= 15 is 0 Å². The SMILES string of the molecule is COC(CN)CC(=O)NCc1ccc(N2CCC(C)CC2)nc1.Cl.Cl. The van der Waals surface area contributed by atoms with Gasteiger partial charge < -0.3 is 20.7 Å². The van der Waals surface area contributed by atoms with E-state index in [1.165, 1.54) is 12.8 Å². The molecule has 1 fully saturated rings. The lowest BCUT2D eigenvalue weighted by molar-refractivity contribution is -0.123. The summed E-state index contributed by atoms with van der Waals surface area (Å²) in [6.45, 7) is 5.26. The summed E-state index contributed by atoms with van der Waals surface area (Å²) < 4.78 is 5.11. The first-order chi connectivity index (χ1) is 11.1. The molecule has 6 nitrogen and oxygen atoms in total. The van der Waals surface area contributed by atoms with Gasteiger partial charge in [0.2, 0.25) is 5.91 Å². The number of carbonyl (C=O) groups excluding carboxylic acids is 1. The second kappa shape index (κ2) is 12.3. The minimum absolute atomic E-state index is 0. The van der Waals surface area contributed by atoms with Crippen molar-refractivity contribution in [3.63, 3.8) is 0 Å². The van der Waals surface area contributed by atoms with Crippen molar-refractivity contribution in [1.29, 1.82) is 0 Å². The summed E-state index contributed by atoms with van der Waals surface area (Å²) in [6.07, 6.45) is 4.34. The maximum absolute atomic E-state index is 11.8. The molecule has 3 N–H and O–H groups in total. The highest BCUT2D eigenvalue weighted by Crippen LogP contribution is 2.21. The lowest BCUT2D eigenvalue weighted by Gasteiger charge is -2.31. The smallest absolute Gasteiger partial charge is 0.222 e. The third-order valence-electron chi connectivity index (χ3n) is 4.42. The highest BCUT2D eigenvalue weighted by atomic mass is 35.5. The summed E-state index contributed by atoms with van der Waals surface area (Å²) in [5.74, 6) is 1.77. The van der Waals surface area contributed by atoms with Crippen LogP contribution in [-0.2, 0) is 16.1 Å². The average Bonchev–Trinajstić information content (AvgIpc) is 2.59. The van der Waals surface area contributed by atoms with Crippen molar-refractivity contribution in [2.24, 2.45) is 11.7 Å². The standard InChI is InChI=1S/C17H28N4O2.2ClH/c1-13-5-7-21(8-6-13)16-4-3-14(11-19-16)12-20-17(22)9-15(10-18)23-2;;/h3-4,11,13,15H,5-10,12,18H2,1-2H3,(H,20,22);2*1H. The number of anilines is 1. The molecule has 1 unspecified atom stereocenters. The number of hydrogen-bond acceptors (Lipinski definition) is 5. The molecule has 2 rings (SSSR count). The van der Waals surface area contributed by atoms with E-state index in [4.69, 9.17) is 10.5 Å². The molecule has 144 valence electrons. The molecule has 8 heteroatoms. The van der Waals surface area contributed by atoms with Crippen LogP contribution < -0.4 is 16.0 Å². The number of ether oxygens (including phenoxy) is 1. The number of nitrogens with zero attached hydrogens (tertiary/aromatic N) is 2. The number of amides is 1. The third kappa shape index (κ3) is 7.77. The maximum atomic E-state index is 11.8. The van der Waals surface area contributed by atoms with Crippen LogP contribution >= 0.6 is 24.8 Å². The number of halogens is 2. The topological polar surface area (TPSA) is 80.5 Å². The molecule has 0 aromatic carbocycles. The van der Waals surface area contributed by atoms with E-state index in [9.17, 15) is 4.79 Å². The summed E-state index contributed by atoms with van der Waals surface area (Å²) in [5, 5.41) is 2.87. The number of rotatable bonds is 7. The minimum atomic E-state index is -0.225. The monoisotopic (exact) mass is 392 g/mol. The molecular weight excluding hydrogens is 363 g/mol. The fourth-order valence-electron chi connectivity index (χ4n) is 2.69. The van der Waals surface area contributed by atoms with Crippen molar-refractivity contribution in [2.75, 3.05) is 31.6 Å². The van der Waals surface area contributed by atoms with E-state index in [1.54, 1.807) is 7.11 Å². The molecule has 1 aromatic heterocycles. The summed E-state index contributed by atoms with van der Waals surface area (Å²) in [4.78, 5) is 18.7. The van der Waals surface area contributed by atoms with E-state index in [2.05, 4.69) is 22.1 Å². The summed E-state index contributed by atoms with van der Waals surface area (Å²) in [7, 11) is 1.56.